The third-order valence-corrected chi connectivity index (χ3v) is 4.22. The van der Waals surface area contributed by atoms with Gasteiger partial charge in [0, 0.05) is 13.1 Å². The van der Waals surface area contributed by atoms with Gasteiger partial charge in [-0.15, -0.1) is 0 Å². The van der Waals surface area contributed by atoms with Crippen molar-refractivity contribution in [2.45, 2.75) is 52.2 Å². The number of nitrogens with zero attached hydrogens (tertiary/aromatic N) is 1. The highest BCUT2D eigenvalue weighted by Crippen LogP contribution is 2.39. The first kappa shape index (κ1) is 13.0. The highest BCUT2D eigenvalue weighted by atomic mass is 16.5. The minimum Gasteiger partial charge on any atom is -0.361 e. The van der Waals surface area contributed by atoms with Gasteiger partial charge in [-0.25, -0.2) is 0 Å². The molecule has 0 saturated carbocycles. The third-order valence-electron chi connectivity index (χ3n) is 4.22. The van der Waals surface area contributed by atoms with Crippen LogP contribution < -0.4 is 0 Å². The highest BCUT2D eigenvalue weighted by Gasteiger charge is 2.53. The van der Waals surface area contributed by atoms with Crippen LogP contribution in [0.15, 0.2) is 0 Å². The van der Waals surface area contributed by atoms with E-state index in [4.69, 9.17) is 4.74 Å². The number of ether oxygens (including phenoxy) is 1. The molecule has 2 aliphatic heterocycles. The van der Waals surface area contributed by atoms with Crippen molar-refractivity contribution in [2.24, 2.45) is 11.8 Å². The third kappa shape index (κ3) is 2.41. The number of likely N-dealkylation sites (tertiary alicyclic amines) is 1. The molecule has 0 spiro atoms. The van der Waals surface area contributed by atoms with Crippen LogP contribution in [0.2, 0.25) is 0 Å². The molecule has 3 nitrogen and oxygen atoms in total. The fourth-order valence-corrected chi connectivity index (χ4v) is 3.27. The van der Waals surface area contributed by atoms with Crippen LogP contribution in [0.3, 0.4) is 0 Å². The van der Waals surface area contributed by atoms with Crippen LogP contribution in [0.25, 0.3) is 0 Å². The first-order valence-corrected chi connectivity index (χ1v) is 6.69. The zero-order valence-electron chi connectivity index (χ0n) is 11.7. The van der Waals surface area contributed by atoms with Crippen LogP contribution in [-0.4, -0.2) is 41.5 Å². The molecule has 2 fully saturated rings. The minimum atomic E-state index is -0.612. The van der Waals surface area contributed by atoms with Crippen molar-refractivity contribution in [1.29, 1.82) is 0 Å². The summed E-state index contributed by atoms with van der Waals surface area (Å²) in [5.74, 6) is 1.05. The SMILES string of the molecule is CC1CCN(CC2C(=O)C(C)(C)OC2(C)C)C1. The smallest absolute Gasteiger partial charge is 0.171 e. The summed E-state index contributed by atoms with van der Waals surface area (Å²) in [4.78, 5) is 14.8. The zero-order valence-corrected chi connectivity index (χ0v) is 11.7. The summed E-state index contributed by atoms with van der Waals surface area (Å²) in [5, 5.41) is 0. The monoisotopic (exact) mass is 239 g/mol. The van der Waals surface area contributed by atoms with E-state index < -0.39 is 5.60 Å². The first-order valence-electron chi connectivity index (χ1n) is 6.69. The van der Waals surface area contributed by atoms with Gasteiger partial charge in [-0.05, 0) is 46.6 Å². The van der Waals surface area contributed by atoms with Crippen molar-refractivity contribution >= 4 is 5.78 Å². The molecule has 2 atom stereocenters. The van der Waals surface area contributed by atoms with E-state index in [9.17, 15) is 4.79 Å². The lowest BCUT2D eigenvalue weighted by molar-refractivity contribution is -0.132. The van der Waals surface area contributed by atoms with E-state index in [0.29, 0.717) is 0 Å². The maximum Gasteiger partial charge on any atom is 0.171 e. The number of rotatable bonds is 2. The van der Waals surface area contributed by atoms with Gasteiger partial charge in [-0.1, -0.05) is 6.92 Å². The van der Waals surface area contributed by atoms with Gasteiger partial charge in [0.1, 0.15) is 5.60 Å². The Balaban J connectivity index is 2.07. The molecule has 0 N–H and O–H groups in total. The van der Waals surface area contributed by atoms with Crippen molar-refractivity contribution < 1.29 is 9.53 Å². The second-order valence-corrected chi connectivity index (χ2v) is 6.79. The molecular weight excluding hydrogens is 214 g/mol. The summed E-state index contributed by atoms with van der Waals surface area (Å²) in [6, 6.07) is 0. The fraction of sp³-hybridized carbons (Fsp3) is 0.929. The second kappa shape index (κ2) is 4.06. The Morgan fingerprint density at radius 2 is 2.00 bits per heavy atom. The minimum absolute atomic E-state index is 0.0165. The summed E-state index contributed by atoms with van der Waals surface area (Å²) < 4.78 is 5.92. The largest absolute Gasteiger partial charge is 0.361 e. The van der Waals surface area contributed by atoms with Crippen molar-refractivity contribution in [3.8, 4) is 0 Å². The molecule has 98 valence electrons. The number of carbonyl (C=O) groups excluding carboxylic acids is 1. The molecule has 3 heteroatoms. The zero-order chi connectivity index (χ0) is 12.8. The lowest BCUT2D eigenvalue weighted by Crippen LogP contribution is -2.40. The Kier molecular flexibility index (Phi) is 3.11. The van der Waals surface area contributed by atoms with E-state index in [0.717, 1.165) is 25.6 Å². The van der Waals surface area contributed by atoms with Crippen LogP contribution in [0, 0.1) is 11.8 Å². The molecule has 2 rings (SSSR count). The normalized spacial score (nSPS) is 36.6. The van der Waals surface area contributed by atoms with E-state index in [2.05, 4.69) is 11.8 Å². The molecule has 0 radical (unpaired) electrons. The Bertz CT molecular complexity index is 322. The number of hydrogen-bond donors (Lipinski definition) is 0. The average molecular weight is 239 g/mol. The van der Waals surface area contributed by atoms with E-state index in [1.54, 1.807) is 0 Å². The van der Waals surface area contributed by atoms with Crippen LogP contribution >= 0.6 is 0 Å². The van der Waals surface area contributed by atoms with Gasteiger partial charge in [0.15, 0.2) is 5.78 Å². The Morgan fingerprint density at radius 3 is 2.41 bits per heavy atom. The topological polar surface area (TPSA) is 29.5 Å². The summed E-state index contributed by atoms with van der Waals surface area (Å²) in [5.41, 5.74) is -0.939. The predicted molar refractivity (Wildman–Crippen MR) is 68.0 cm³/mol. The molecule has 0 amide bonds. The maximum absolute atomic E-state index is 12.4. The van der Waals surface area contributed by atoms with Crippen molar-refractivity contribution in [1.82, 2.24) is 4.90 Å². The van der Waals surface area contributed by atoms with Crippen LogP contribution in [0.1, 0.15) is 41.0 Å². The maximum atomic E-state index is 12.4. The summed E-state index contributed by atoms with van der Waals surface area (Å²) >= 11 is 0. The lowest BCUT2D eigenvalue weighted by Gasteiger charge is -2.28. The highest BCUT2D eigenvalue weighted by molar-refractivity contribution is 5.91. The molecule has 0 bridgehead atoms. The molecule has 2 unspecified atom stereocenters. The molecular formula is C14H25NO2. The first-order chi connectivity index (χ1) is 7.72. The summed E-state index contributed by atoms with van der Waals surface area (Å²) in [7, 11) is 0. The standard InChI is InChI=1S/C14H25NO2/c1-10-6-7-15(8-10)9-11-12(16)14(4,5)17-13(11,2)3/h10-11H,6-9H2,1-5H3. The van der Waals surface area contributed by atoms with E-state index in [1.165, 1.54) is 6.42 Å². The summed E-state index contributed by atoms with van der Waals surface area (Å²) in [6.07, 6.45) is 1.26. The van der Waals surface area contributed by atoms with Gasteiger partial charge in [0.25, 0.3) is 0 Å². The summed E-state index contributed by atoms with van der Waals surface area (Å²) in [6.45, 7) is 13.3. The van der Waals surface area contributed by atoms with E-state index in [-0.39, 0.29) is 17.3 Å². The number of Topliss-reactive ketones (excluding diaryl/α,β-unsaturated/α-hetero) is 1. The van der Waals surface area contributed by atoms with Crippen molar-refractivity contribution in [3.63, 3.8) is 0 Å². The van der Waals surface area contributed by atoms with E-state index >= 15 is 0 Å². The van der Waals surface area contributed by atoms with Crippen molar-refractivity contribution in [2.75, 3.05) is 19.6 Å². The average Bonchev–Trinajstić information content (AvgIpc) is 2.62. The quantitative estimate of drug-likeness (QED) is 0.739. The molecule has 2 aliphatic rings. The van der Waals surface area contributed by atoms with E-state index in [1.807, 2.05) is 27.7 Å². The van der Waals surface area contributed by atoms with Gasteiger partial charge >= 0.3 is 0 Å². The number of ketones is 1. The van der Waals surface area contributed by atoms with Gasteiger partial charge in [0.2, 0.25) is 0 Å². The Labute approximate surface area is 105 Å². The van der Waals surface area contributed by atoms with Crippen LogP contribution in [-0.2, 0) is 9.53 Å². The molecule has 2 saturated heterocycles. The molecule has 2 heterocycles. The van der Waals surface area contributed by atoms with Crippen LogP contribution in [0.4, 0.5) is 0 Å². The van der Waals surface area contributed by atoms with Crippen molar-refractivity contribution in [3.05, 3.63) is 0 Å². The van der Waals surface area contributed by atoms with Gasteiger partial charge in [0.05, 0.1) is 11.5 Å². The lowest BCUT2D eigenvalue weighted by atomic mass is 9.85. The molecule has 0 aromatic carbocycles. The fourth-order valence-electron chi connectivity index (χ4n) is 3.27. The second-order valence-electron chi connectivity index (χ2n) is 6.79. The molecule has 0 aromatic rings. The molecule has 0 aromatic heterocycles. The van der Waals surface area contributed by atoms with Gasteiger partial charge in [-0.2, -0.15) is 0 Å². The van der Waals surface area contributed by atoms with Gasteiger partial charge in [-0.3, -0.25) is 4.79 Å². The number of hydrogen-bond acceptors (Lipinski definition) is 3. The van der Waals surface area contributed by atoms with Gasteiger partial charge < -0.3 is 9.64 Å². The van der Waals surface area contributed by atoms with Crippen LogP contribution in [0.5, 0.6) is 0 Å². The molecule has 0 aliphatic carbocycles. The Hall–Kier alpha value is -0.410. The predicted octanol–water partition coefficient (Wildman–Crippen LogP) is 2.10. The number of carbonyl (C=O) groups is 1. The Morgan fingerprint density at radius 1 is 1.35 bits per heavy atom. The molecule has 17 heavy (non-hydrogen) atoms.